The highest BCUT2D eigenvalue weighted by atomic mass is 16.5. The van der Waals surface area contributed by atoms with Gasteiger partial charge in [0.15, 0.2) is 0 Å². The second-order valence-corrected chi connectivity index (χ2v) is 8.56. The molecule has 9 nitrogen and oxygen atoms in total. The number of nitrogen functional groups attached to an aromatic ring is 1. The molecular formula is C26H27N7O2. The number of likely N-dealkylation sites (tertiary alicyclic amines) is 1. The monoisotopic (exact) mass is 469 g/mol. The number of carbonyl (C=O) groups is 1. The number of hydrogen-bond acceptors (Lipinski definition) is 6. The fraction of sp³-hybridized carbons (Fsp3) is 0.308. The van der Waals surface area contributed by atoms with E-state index in [0.717, 1.165) is 33.9 Å². The number of nitrogens with two attached hydrogens (primary N) is 1. The lowest BCUT2D eigenvalue weighted by molar-refractivity contribution is -0.127. The average molecular weight is 470 g/mol. The topological polar surface area (TPSA) is 104 Å². The summed E-state index contributed by atoms with van der Waals surface area (Å²) in [5, 5.41) is 11.0. The second kappa shape index (κ2) is 9.24. The second-order valence-electron chi connectivity index (χ2n) is 8.56. The Bertz CT molecular complexity index is 1490. The van der Waals surface area contributed by atoms with Gasteiger partial charge in [-0.05, 0) is 49.6 Å². The van der Waals surface area contributed by atoms with Crippen molar-refractivity contribution in [2.75, 3.05) is 26.0 Å². The van der Waals surface area contributed by atoms with Gasteiger partial charge in [-0.15, -0.1) is 0 Å². The van der Waals surface area contributed by atoms with Gasteiger partial charge in [0.05, 0.1) is 41.3 Å². The van der Waals surface area contributed by atoms with E-state index < -0.39 is 0 Å². The first kappa shape index (κ1) is 22.6. The maximum atomic E-state index is 12.4. The zero-order chi connectivity index (χ0) is 24.5. The maximum absolute atomic E-state index is 12.4. The molecule has 0 spiro atoms. The van der Waals surface area contributed by atoms with Crippen LogP contribution in [0.5, 0.6) is 0 Å². The first-order chi connectivity index (χ1) is 17.0. The Morgan fingerprint density at radius 3 is 2.94 bits per heavy atom. The Morgan fingerprint density at radius 1 is 1.31 bits per heavy atom. The van der Waals surface area contributed by atoms with E-state index in [4.69, 9.17) is 15.6 Å². The first-order valence-electron chi connectivity index (χ1n) is 11.6. The van der Waals surface area contributed by atoms with E-state index in [1.54, 1.807) is 18.2 Å². The molecule has 1 fully saturated rings. The van der Waals surface area contributed by atoms with Gasteiger partial charge in [-0.2, -0.15) is 10.2 Å². The third-order valence-electron chi connectivity index (χ3n) is 6.47. The number of hydrogen-bond donors (Lipinski definition) is 1. The number of pyridine rings is 1. The van der Waals surface area contributed by atoms with Gasteiger partial charge in [0, 0.05) is 37.3 Å². The number of rotatable bonds is 5. The van der Waals surface area contributed by atoms with Gasteiger partial charge < -0.3 is 15.4 Å². The molecule has 1 aliphatic rings. The number of carbonyl (C=O) groups excluding carboxylic acids is 1. The fourth-order valence-corrected chi connectivity index (χ4v) is 4.83. The molecule has 1 amide bonds. The molecular weight excluding hydrogens is 442 g/mol. The lowest BCUT2D eigenvalue weighted by atomic mass is 10.1. The first-order valence-corrected chi connectivity index (χ1v) is 11.6. The van der Waals surface area contributed by atoms with E-state index in [1.165, 1.54) is 6.08 Å². The minimum atomic E-state index is -0.117. The van der Waals surface area contributed by atoms with Crippen molar-refractivity contribution in [3.63, 3.8) is 0 Å². The van der Waals surface area contributed by atoms with Gasteiger partial charge in [0.1, 0.15) is 11.5 Å². The molecule has 3 aromatic heterocycles. The largest absolute Gasteiger partial charge is 0.383 e. The van der Waals surface area contributed by atoms with Crippen LogP contribution in [0.2, 0.25) is 0 Å². The van der Waals surface area contributed by atoms with Crippen LogP contribution in [0.25, 0.3) is 21.8 Å². The molecule has 35 heavy (non-hydrogen) atoms. The number of aromatic nitrogens is 5. The van der Waals surface area contributed by atoms with Crippen molar-refractivity contribution < 1.29 is 9.53 Å². The Labute approximate surface area is 203 Å². The summed E-state index contributed by atoms with van der Waals surface area (Å²) in [5.74, 6) is 6.69. The lowest BCUT2D eigenvalue weighted by Gasteiger charge is -2.22. The highest BCUT2D eigenvalue weighted by Crippen LogP contribution is 2.32. The van der Waals surface area contributed by atoms with Crippen LogP contribution in [0.15, 0.2) is 49.3 Å². The molecule has 0 aliphatic carbocycles. The summed E-state index contributed by atoms with van der Waals surface area (Å²) in [6.45, 7) is 7.46. The molecule has 178 valence electrons. The maximum Gasteiger partial charge on any atom is 0.246 e. The van der Waals surface area contributed by atoms with Crippen LogP contribution < -0.4 is 5.73 Å². The Kier molecular flexibility index (Phi) is 5.97. The normalized spacial score (nSPS) is 17.6. The van der Waals surface area contributed by atoms with E-state index in [9.17, 15) is 4.79 Å². The third kappa shape index (κ3) is 4.02. The van der Waals surface area contributed by atoms with E-state index >= 15 is 0 Å². The van der Waals surface area contributed by atoms with Crippen molar-refractivity contribution in [1.29, 1.82) is 0 Å². The highest BCUT2D eigenvalue weighted by molar-refractivity contribution is 5.93. The SMILES string of the molecule is C=CC(=O)N1CC(n2nc(C#Cc3ccc4c(cnn4CC)c3)c3c(N)nccc32)C[C@@H]1COC. The fourth-order valence-electron chi connectivity index (χ4n) is 4.83. The standard InChI is InChI=1S/C26H27N7O2/c1-4-24(34)31-15-19(13-20(31)16-35-3)33-23-10-11-28-26(27)25(23)21(30-33)8-6-17-7-9-22-18(12-17)14-29-32(22)5-2/h4,7,9-12,14,19-20H,1,5,13,15-16H2,2-3H3,(H2,27,28)/t19?,20-/m1/s1. The summed E-state index contributed by atoms with van der Waals surface area (Å²) in [6, 6.07) is 7.82. The molecule has 9 heteroatoms. The van der Waals surface area contributed by atoms with Gasteiger partial charge in [0.25, 0.3) is 0 Å². The van der Waals surface area contributed by atoms with Crippen molar-refractivity contribution in [2.24, 2.45) is 0 Å². The van der Waals surface area contributed by atoms with Crippen molar-refractivity contribution in [3.8, 4) is 11.8 Å². The van der Waals surface area contributed by atoms with E-state index in [-0.39, 0.29) is 18.0 Å². The van der Waals surface area contributed by atoms with Crippen LogP contribution in [0, 0.1) is 11.8 Å². The number of methoxy groups -OCH3 is 1. The molecule has 5 rings (SSSR count). The highest BCUT2D eigenvalue weighted by Gasteiger charge is 2.36. The number of aryl methyl sites for hydroxylation is 1. The molecule has 4 heterocycles. The number of benzene rings is 1. The minimum absolute atomic E-state index is 0.0462. The van der Waals surface area contributed by atoms with Crippen LogP contribution >= 0.6 is 0 Å². The molecule has 0 radical (unpaired) electrons. The minimum Gasteiger partial charge on any atom is -0.383 e. The number of amides is 1. The molecule has 0 saturated carbocycles. The van der Waals surface area contributed by atoms with E-state index in [2.05, 4.69) is 35.4 Å². The molecule has 2 atom stereocenters. The quantitative estimate of drug-likeness (QED) is 0.356. The van der Waals surface area contributed by atoms with Crippen molar-refractivity contribution in [2.45, 2.75) is 32.0 Å². The molecule has 0 bridgehead atoms. The van der Waals surface area contributed by atoms with Crippen molar-refractivity contribution in [3.05, 3.63) is 60.6 Å². The van der Waals surface area contributed by atoms with Gasteiger partial charge in [-0.25, -0.2) is 4.98 Å². The number of ether oxygens (including phenoxy) is 1. The van der Waals surface area contributed by atoms with E-state index in [0.29, 0.717) is 31.1 Å². The number of fused-ring (bicyclic) bond motifs is 2. The average Bonchev–Trinajstić information content (AvgIpc) is 3.57. The number of anilines is 1. The predicted molar refractivity (Wildman–Crippen MR) is 135 cm³/mol. The molecule has 4 aromatic rings. The molecule has 1 saturated heterocycles. The zero-order valence-electron chi connectivity index (χ0n) is 19.8. The Morgan fingerprint density at radius 2 is 2.17 bits per heavy atom. The molecule has 2 N–H and O–H groups in total. The van der Waals surface area contributed by atoms with Gasteiger partial charge in [-0.3, -0.25) is 14.2 Å². The third-order valence-corrected chi connectivity index (χ3v) is 6.47. The Hall–Kier alpha value is -4.16. The molecule has 1 aliphatic heterocycles. The lowest BCUT2D eigenvalue weighted by Crippen LogP contribution is -2.37. The van der Waals surface area contributed by atoms with Crippen LogP contribution in [0.4, 0.5) is 5.82 Å². The van der Waals surface area contributed by atoms with Gasteiger partial charge in [0.2, 0.25) is 5.91 Å². The summed E-state index contributed by atoms with van der Waals surface area (Å²) in [6.07, 6.45) is 5.56. The number of nitrogens with zero attached hydrogens (tertiary/aromatic N) is 6. The Balaban J connectivity index is 1.53. The summed E-state index contributed by atoms with van der Waals surface area (Å²) in [7, 11) is 1.64. The van der Waals surface area contributed by atoms with Crippen LogP contribution in [-0.4, -0.2) is 61.7 Å². The summed E-state index contributed by atoms with van der Waals surface area (Å²) < 4.78 is 9.23. The van der Waals surface area contributed by atoms with Gasteiger partial charge in [-0.1, -0.05) is 12.5 Å². The van der Waals surface area contributed by atoms with Crippen molar-refractivity contribution in [1.82, 2.24) is 29.4 Å². The summed E-state index contributed by atoms with van der Waals surface area (Å²) in [4.78, 5) is 18.5. The van der Waals surface area contributed by atoms with Crippen LogP contribution in [-0.2, 0) is 16.1 Å². The molecule has 1 unspecified atom stereocenters. The molecule has 1 aromatic carbocycles. The van der Waals surface area contributed by atoms with Crippen LogP contribution in [0.3, 0.4) is 0 Å². The smallest absolute Gasteiger partial charge is 0.246 e. The summed E-state index contributed by atoms with van der Waals surface area (Å²) >= 11 is 0. The van der Waals surface area contributed by atoms with Gasteiger partial charge >= 0.3 is 0 Å². The zero-order valence-corrected chi connectivity index (χ0v) is 19.8. The summed E-state index contributed by atoms with van der Waals surface area (Å²) in [5.41, 5.74) is 9.61. The predicted octanol–water partition coefficient (Wildman–Crippen LogP) is 2.76. The van der Waals surface area contributed by atoms with E-state index in [1.807, 2.05) is 39.8 Å². The van der Waals surface area contributed by atoms with Crippen LogP contribution in [0.1, 0.15) is 30.6 Å². The van der Waals surface area contributed by atoms with Crippen molar-refractivity contribution >= 4 is 33.5 Å².